The van der Waals surface area contributed by atoms with Crippen molar-refractivity contribution in [3.8, 4) is 0 Å². The first-order valence-corrected chi connectivity index (χ1v) is 4.74. The van der Waals surface area contributed by atoms with E-state index < -0.39 is 41.2 Å². The number of halogens is 3. The first-order valence-electron chi connectivity index (χ1n) is 4.74. The fourth-order valence-electron chi connectivity index (χ4n) is 1.41. The molecule has 98 valence electrons. The number of alkyl halides is 3. The van der Waals surface area contributed by atoms with Crippen LogP contribution < -0.4 is 0 Å². The summed E-state index contributed by atoms with van der Waals surface area (Å²) in [6.07, 6.45) is -6.61. The molecule has 0 bridgehead atoms. The van der Waals surface area contributed by atoms with Crippen molar-refractivity contribution in [1.82, 2.24) is 0 Å². The highest BCUT2D eigenvalue weighted by Gasteiger charge is 2.25. The standard InChI is InChI=1S/C10H8F3NO4/c11-9(10(12)13)5-1-2-7(14(17)18)6(3-5)4-8(15)16/h1-3,9-10H,4H2,(H,15,16). The van der Waals surface area contributed by atoms with Gasteiger partial charge in [0.1, 0.15) is 0 Å². The van der Waals surface area contributed by atoms with E-state index in [1.165, 1.54) is 0 Å². The zero-order chi connectivity index (χ0) is 13.9. The number of nitro benzene ring substituents is 1. The molecule has 1 aromatic rings. The van der Waals surface area contributed by atoms with Gasteiger partial charge in [-0.05, 0) is 17.7 Å². The Balaban J connectivity index is 3.20. The molecule has 0 heterocycles. The monoisotopic (exact) mass is 263 g/mol. The van der Waals surface area contributed by atoms with Gasteiger partial charge in [-0.25, -0.2) is 13.2 Å². The topological polar surface area (TPSA) is 80.4 Å². The fourth-order valence-corrected chi connectivity index (χ4v) is 1.41. The predicted octanol–water partition coefficient (Wildman–Crippen LogP) is 2.50. The second kappa shape index (κ2) is 5.48. The quantitative estimate of drug-likeness (QED) is 0.653. The molecule has 1 rings (SSSR count). The number of hydrogen-bond donors (Lipinski definition) is 1. The SMILES string of the molecule is O=C(O)Cc1cc(C(F)C(F)F)ccc1[N+](=O)[O-]. The molecule has 0 saturated heterocycles. The lowest BCUT2D eigenvalue weighted by atomic mass is 10.0. The molecule has 1 N–H and O–H groups in total. The maximum Gasteiger partial charge on any atom is 0.308 e. The van der Waals surface area contributed by atoms with Crippen LogP contribution >= 0.6 is 0 Å². The Kier molecular flexibility index (Phi) is 4.24. The lowest BCUT2D eigenvalue weighted by Gasteiger charge is -2.09. The predicted molar refractivity (Wildman–Crippen MR) is 54.3 cm³/mol. The van der Waals surface area contributed by atoms with Crippen LogP contribution in [0.15, 0.2) is 18.2 Å². The summed E-state index contributed by atoms with van der Waals surface area (Å²) < 4.78 is 37.3. The van der Waals surface area contributed by atoms with Gasteiger partial charge in [-0.1, -0.05) is 0 Å². The van der Waals surface area contributed by atoms with Gasteiger partial charge >= 0.3 is 5.97 Å². The molecule has 1 unspecified atom stereocenters. The number of carbonyl (C=O) groups is 1. The van der Waals surface area contributed by atoms with Crippen molar-refractivity contribution < 1.29 is 28.0 Å². The molecule has 0 saturated carbocycles. The summed E-state index contributed by atoms with van der Waals surface area (Å²) in [7, 11) is 0. The average Bonchev–Trinajstić information content (AvgIpc) is 2.26. The van der Waals surface area contributed by atoms with Crippen molar-refractivity contribution in [3.05, 3.63) is 39.4 Å². The molecule has 0 radical (unpaired) electrons. The molecule has 0 aliphatic carbocycles. The summed E-state index contributed by atoms with van der Waals surface area (Å²) in [6, 6.07) is 2.45. The van der Waals surface area contributed by atoms with Crippen LogP contribution in [0.5, 0.6) is 0 Å². The van der Waals surface area contributed by atoms with Gasteiger partial charge in [0.15, 0.2) is 6.17 Å². The molecule has 0 amide bonds. The van der Waals surface area contributed by atoms with Gasteiger partial charge in [-0.15, -0.1) is 0 Å². The molecule has 0 aliphatic heterocycles. The number of nitro groups is 1. The van der Waals surface area contributed by atoms with Gasteiger partial charge in [0.25, 0.3) is 12.1 Å². The number of carboxylic acids is 1. The molecule has 8 heteroatoms. The van der Waals surface area contributed by atoms with Crippen LogP contribution in [0.25, 0.3) is 0 Å². The lowest BCUT2D eigenvalue weighted by molar-refractivity contribution is -0.385. The minimum Gasteiger partial charge on any atom is -0.481 e. The fraction of sp³-hybridized carbons (Fsp3) is 0.300. The third-order valence-corrected chi connectivity index (χ3v) is 2.18. The van der Waals surface area contributed by atoms with E-state index in [0.717, 1.165) is 18.2 Å². The van der Waals surface area contributed by atoms with Gasteiger partial charge < -0.3 is 5.11 Å². The Bertz CT molecular complexity index is 478. The molecule has 0 spiro atoms. The van der Waals surface area contributed by atoms with Gasteiger partial charge in [-0.2, -0.15) is 0 Å². The number of aliphatic carboxylic acids is 1. The van der Waals surface area contributed by atoms with Gasteiger partial charge in [-0.3, -0.25) is 14.9 Å². The number of hydrogen-bond acceptors (Lipinski definition) is 3. The third kappa shape index (κ3) is 3.19. The van der Waals surface area contributed by atoms with Crippen molar-refractivity contribution in [2.45, 2.75) is 19.0 Å². The van der Waals surface area contributed by atoms with E-state index in [-0.39, 0.29) is 5.56 Å². The Morgan fingerprint density at radius 2 is 2.00 bits per heavy atom. The summed E-state index contributed by atoms with van der Waals surface area (Å²) in [5.41, 5.74) is -1.33. The summed E-state index contributed by atoms with van der Waals surface area (Å²) in [4.78, 5) is 20.2. The van der Waals surface area contributed by atoms with Crippen LogP contribution in [0.2, 0.25) is 0 Å². The first kappa shape index (κ1) is 13.9. The van der Waals surface area contributed by atoms with E-state index in [4.69, 9.17) is 5.11 Å². The maximum atomic E-state index is 13.0. The zero-order valence-electron chi connectivity index (χ0n) is 8.85. The third-order valence-electron chi connectivity index (χ3n) is 2.18. The van der Waals surface area contributed by atoms with Crippen LogP contribution in [0, 0.1) is 10.1 Å². The highest BCUT2D eigenvalue weighted by molar-refractivity contribution is 5.72. The molecule has 0 fully saturated rings. The maximum absolute atomic E-state index is 13.0. The van der Waals surface area contributed by atoms with E-state index in [1.807, 2.05) is 0 Å². The van der Waals surface area contributed by atoms with Crippen LogP contribution in [-0.2, 0) is 11.2 Å². The minimum atomic E-state index is -3.27. The van der Waals surface area contributed by atoms with Gasteiger partial charge in [0.2, 0.25) is 0 Å². The van der Waals surface area contributed by atoms with Crippen molar-refractivity contribution in [1.29, 1.82) is 0 Å². The zero-order valence-corrected chi connectivity index (χ0v) is 8.85. The highest BCUT2D eigenvalue weighted by atomic mass is 19.3. The van der Waals surface area contributed by atoms with Crippen molar-refractivity contribution in [2.24, 2.45) is 0 Å². The van der Waals surface area contributed by atoms with Gasteiger partial charge in [0.05, 0.1) is 11.3 Å². The number of nitrogens with zero attached hydrogens (tertiary/aromatic N) is 1. The van der Waals surface area contributed by atoms with Gasteiger partial charge in [0, 0.05) is 11.6 Å². The van der Waals surface area contributed by atoms with Crippen LogP contribution in [-0.4, -0.2) is 22.4 Å². The normalized spacial score (nSPS) is 12.4. The van der Waals surface area contributed by atoms with Crippen molar-refractivity contribution in [2.75, 3.05) is 0 Å². The molecule has 1 aromatic carbocycles. The molecule has 18 heavy (non-hydrogen) atoms. The second-order valence-electron chi connectivity index (χ2n) is 3.45. The molecule has 0 aromatic heterocycles. The Morgan fingerprint density at radius 3 is 2.44 bits per heavy atom. The van der Waals surface area contributed by atoms with Crippen LogP contribution in [0.3, 0.4) is 0 Å². The van der Waals surface area contributed by atoms with Crippen LogP contribution in [0.1, 0.15) is 17.3 Å². The summed E-state index contributed by atoms with van der Waals surface area (Å²) in [5.74, 6) is -1.37. The van der Waals surface area contributed by atoms with E-state index in [1.54, 1.807) is 0 Å². The Labute approximate surface area is 99.0 Å². The van der Waals surface area contributed by atoms with E-state index >= 15 is 0 Å². The number of carboxylic acid groups (broad SMARTS) is 1. The first-order chi connectivity index (χ1) is 8.32. The average molecular weight is 263 g/mol. The Hall–Kier alpha value is -2.12. The summed E-state index contributed by atoms with van der Waals surface area (Å²) >= 11 is 0. The van der Waals surface area contributed by atoms with E-state index in [9.17, 15) is 28.1 Å². The number of rotatable bonds is 5. The molecular weight excluding hydrogens is 255 g/mol. The smallest absolute Gasteiger partial charge is 0.308 e. The highest BCUT2D eigenvalue weighted by Crippen LogP contribution is 2.29. The molecular formula is C10H8F3NO4. The molecule has 0 aliphatic rings. The lowest BCUT2D eigenvalue weighted by Crippen LogP contribution is -2.08. The summed E-state index contributed by atoms with van der Waals surface area (Å²) in [6.45, 7) is 0. The van der Waals surface area contributed by atoms with E-state index in [0.29, 0.717) is 0 Å². The molecule has 1 atom stereocenters. The van der Waals surface area contributed by atoms with E-state index in [2.05, 4.69) is 0 Å². The number of benzene rings is 1. The summed E-state index contributed by atoms with van der Waals surface area (Å²) in [5, 5.41) is 19.1. The van der Waals surface area contributed by atoms with Crippen LogP contribution in [0.4, 0.5) is 18.9 Å². The van der Waals surface area contributed by atoms with Crippen molar-refractivity contribution in [3.63, 3.8) is 0 Å². The largest absolute Gasteiger partial charge is 0.481 e. The second-order valence-corrected chi connectivity index (χ2v) is 3.45. The van der Waals surface area contributed by atoms with Crippen molar-refractivity contribution >= 4 is 11.7 Å². The Morgan fingerprint density at radius 1 is 1.39 bits per heavy atom. The minimum absolute atomic E-state index is 0.312. The molecule has 5 nitrogen and oxygen atoms in total.